The van der Waals surface area contributed by atoms with Crippen molar-refractivity contribution in [3.63, 3.8) is 0 Å². The van der Waals surface area contributed by atoms with E-state index in [2.05, 4.69) is 5.32 Å². The zero-order chi connectivity index (χ0) is 21.0. The molecule has 1 heterocycles. The lowest BCUT2D eigenvalue weighted by Crippen LogP contribution is -2.51. The van der Waals surface area contributed by atoms with Crippen LogP contribution in [0.1, 0.15) is 49.5 Å². The van der Waals surface area contributed by atoms with Crippen molar-refractivity contribution in [1.29, 1.82) is 0 Å². The van der Waals surface area contributed by atoms with E-state index in [9.17, 15) is 13.6 Å². The van der Waals surface area contributed by atoms with Crippen LogP contribution < -0.4 is 5.32 Å². The molecule has 0 aliphatic carbocycles. The second-order valence-corrected chi connectivity index (χ2v) is 8.01. The van der Waals surface area contributed by atoms with Crippen LogP contribution in [0.25, 0.3) is 0 Å². The summed E-state index contributed by atoms with van der Waals surface area (Å²) in [6.07, 6.45) is -0.171. The van der Waals surface area contributed by atoms with Crippen LogP contribution in [0.15, 0.2) is 42.5 Å². The normalized spacial score (nSPS) is 24.3. The molecule has 0 saturated carbocycles. The maximum atomic E-state index is 14.5. The Morgan fingerprint density at radius 3 is 2.69 bits per heavy atom. The molecule has 0 spiro atoms. The Morgan fingerprint density at radius 2 is 1.97 bits per heavy atom. The van der Waals surface area contributed by atoms with Crippen molar-refractivity contribution in [3.05, 3.63) is 70.2 Å². The first-order valence-electron chi connectivity index (χ1n) is 9.46. The van der Waals surface area contributed by atoms with E-state index < -0.39 is 29.4 Å². The molecule has 1 fully saturated rings. The third kappa shape index (κ3) is 5.32. The zero-order valence-electron chi connectivity index (χ0n) is 16.4. The standard InChI is InChI=1S/C22H24ClF2NO3/c1-22(26-20(27)9-10-28-2)12-18(14-5-3-6-15(23)11-14)29-19(13-22)16-7-4-8-17(24)21(16)25/h3-8,11,18-19H,9-10,12-13H2,1-2H3,(H,26,27)/t18-,19+,22-/m0/s1. The molecule has 156 valence electrons. The molecule has 0 radical (unpaired) electrons. The van der Waals surface area contributed by atoms with Gasteiger partial charge in [-0.3, -0.25) is 4.79 Å². The molecular weight excluding hydrogens is 400 g/mol. The number of benzene rings is 2. The van der Waals surface area contributed by atoms with Gasteiger partial charge in [-0.15, -0.1) is 0 Å². The maximum absolute atomic E-state index is 14.5. The summed E-state index contributed by atoms with van der Waals surface area (Å²) in [7, 11) is 1.53. The summed E-state index contributed by atoms with van der Waals surface area (Å²) >= 11 is 6.13. The van der Waals surface area contributed by atoms with Gasteiger partial charge in [0.05, 0.1) is 18.8 Å². The average Bonchev–Trinajstić information content (AvgIpc) is 2.67. The van der Waals surface area contributed by atoms with Gasteiger partial charge in [-0.05, 0) is 30.7 Å². The Labute approximate surface area is 174 Å². The molecule has 3 rings (SSSR count). The highest BCUT2D eigenvalue weighted by Crippen LogP contribution is 2.44. The van der Waals surface area contributed by atoms with Crippen molar-refractivity contribution in [3.8, 4) is 0 Å². The minimum atomic E-state index is -0.933. The Hall–Kier alpha value is -2.02. The Morgan fingerprint density at radius 1 is 1.24 bits per heavy atom. The third-order valence-corrected chi connectivity index (χ3v) is 5.36. The molecule has 2 aromatic carbocycles. The van der Waals surface area contributed by atoms with Crippen molar-refractivity contribution in [2.75, 3.05) is 13.7 Å². The topological polar surface area (TPSA) is 47.6 Å². The van der Waals surface area contributed by atoms with Crippen LogP contribution in [0.3, 0.4) is 0 Å². The van der Waals surface area contributed by atoms with Crippen LogP contribution in [0.2, 0.25) is 5.02 Å². The van der Waals surface area contributed by atoms with Crippen molar-refractivity contribution in [1.82, 2.24) is 5.32 Å². The molecule has 1 aliphatic rings. The first-order chi connectivity index (χ1) is 13.8. The van der Waals surface area contributed by atoms with Gasteiger partial charge < -0.3 is 14.8 Å². The monoisotopic (exact) mass is 423 g/mol. The van der Waals surface area contributed by atoms with Gasteiger partial charge >= 0.3 is 0 Å². The summed E-state index contributed by atoms with van der Waals surface area (Å²) in [6, 6.07) is 11.2. The quantitative estimate of drug-likeness (QED) is 0.701. The SMILES string of the molecule is COCCC(=O)N[C@@]1(C)C[C@@H](c2cccc(Cl)c2)O[C@@H](c2cccc(F)c2F)C1. The molecule has 1 amide bonds. The lowest BCUT2D eigenvalue weighted by Gasteiger charge is -2.43. The molecule has 7 heteroatoms. The predicted molar refractivity (Wildman–Crippen MR) is 107 cm³/mol. The lowest BCUT2D eigenvalue weighted by molar-refractivity contribution is -0.129. The molecular formula is C22H24ClF2NO3. The Bertz CT molecular complexity index is 879. The number of amides is 1. The van der Waals surface area contributed by atoms with Crippen LogP contribution in [-0.4, -0.2) is 25.2 Å². The summed E-state index contributed by atoms with van der Waals surface area (Å²) in [5.74, 6) is -2.03. The fourth-order valence-electron chi connectivity index (χ4n) is 3.75. The highest BCUT2D eigenvalue weighted by atomic mass is 35.5. The summed E-state index contributed by atoms with van der Waals surface area (Å²) in [5, 5.41) is 3.58. The predicted octanol–water partition coefficient (Wildman–Crippen LogP) is 5.12. The van der Waals surface area contributed by atoms with E-state index in [1.807, 2.05) is 19.1 Å². The van der Waals surface area contributed by atoms with Crippen molar-refractivity contribution < 1.29 is 23.0 Å². The van der Waals surface area contributed by atoms with Crippen molar-refractivity contribution in [2.45, 2.75) is 43.9 Å². The molecule has 0 unspecified atom stereocenters. The Kier molecular flexibility index (Phi) is 6.88. The molecule has 1 N–H and O–H groups in total. The van der Waals surface area contributed by atoms with E-state index in [0.29, 0.717) is 24.5 Å². The first kappa shape index (κ1) is 21.7. The molecule has 2 aromatic rings. The van der Waals surface area contributed by atoms with Gasteiger partial charge in [0.25, 0.3) is 0 Å². The van der Waals surface area contributed by atoms with Crippen LogP contribution in [0.5, 0.6) is 0 Å². The first-order valence-corrected chi connectivity index (χ1v) is 9.84. The summed E-state index contributed by atoms with van der Waals surface area (Å²) < 4.78 is 39.4. The molecule has 0 aromatic heterocycles. The van der Waals surface area contributed by atoms with Crippen LogP contribution in [0.4, 0.5) is 8.78 Å². The molecule has 3 atom stereocenters. The van der Waals surface area contributed by atoms with Gasteiger partial charge in [0.2, 0.25) is 5.91 Å². The van der Waals surface area contributed by atoms with Crippen LogP contribution in [-0.2, 0) is 14.3 Å². The number of halogens is 3. The minimum absolute atomic E-state index is 0.133. The summed E-state index contributed by atoms with van der Waals surface area (Å²) in [5.41, 5.74) is 0.268. The highest BCUT2D eigenvalue weighted by Gasteiger charge is 2.41. The van der Waals surface area contributed by atoms with Gasteiger partial charge in [-0.1, -0.05) is 35.9 Å². The van der Waals surface area contributed by atoms with E-state index in [1.165, 1.54) is 19.2 Å². The fraction of sp³-hybridized carbons (Fsp3) is 0.409. The third-order valence-electron chi connectivity index (χ3n) is 5.12. The molecule has 1 aliphatic heterocycles. The largest absolute Gasteiger partial charge is 0.384 e. The summed E-state index contributed by atoms with van der Waals surface area (Å²) in [6.45, 7) is 2.19. The van der Waals surface area contributed by atoms with E-state index in [1.54, 1.807) is 12.1 Å². The number of nitrogens with one attached hydrogen (secondary N) is 1. The minimum Gasteiger partial charge on any atom is -0.384 e. The van der Waals surface area contributed by atoms with Crippen LogP contribution in [0, 0.1) is 11.6 Å². The van der Waals surface area contributed by atoms with E-state index >= 15 is 0 Å². The number of rotatable bonds is 6. The van der Waals surface area contributed by atoms with Gasteiger partial charge in [-0.25, -0.2) is 8.78 Å². The number of hydrogen-bond acceptors (Lipinski definition) is 3. The molecule has 29 heavy (non-hydrogen) atoms. The Balaban J connectivity index is 1.92. The van der Waals surface area contributed by atoms with E-state index in [0.717, 1.165) is 11.6 Å². The van der Waals surface area contributed by atoms with Gasteiger partial charge in [0.15, 0.2) is 11.6 Å². The fourth-order valence-corrected chi connectivity index (χ4v) is 3.95. The van der Waals surface area contributed by atoms with Crippen molar-refractivity contribution in [2.24, 2.45) is 0 Å². The molecule has 4 nitrogen and oxygen atoms in total. The van der Waals surface area contributed by atoms with Crippen LogP contribution >= 0.6 is 11.6 Å². The number of carbonyl (C=O) groups is 1. The molecule has 0 bridgehead atoms. The maximum Gasteiger partial charge on any atom is 0.222 e. The number of methoxy groups -OCH3 is 1. The zero-order valence-corrected chi connectivity index (χ0v) is 17.1. The smallest absolute Gasteiger partial charge is 0.222 e. The summed E-state index contributed by atoms with van der Waals surface area (Å²) in [4.78, 5) is 12.3. The van der Waals surface area contributed by atoms with Gasteiger partial charge in [-0.2, -0.15) is 0 Å². The molecule has 1 saturated heterocycles. The lowest BCUT2D eigenvalue weighted by atomic mass is 9.81. The van der Waals surface area contributed by atoms with E-state index in [4.69, 9.17) is 21.1 Å². The number of ether oxygens (including phenoxy) is 2. The van der Waals surface area contributed by atoms with E-state index in [-0.39, 0.29) is 17.9 Å². The highest BCUT2D eigenvalue weighted by molar-refractivity contribution is 6.30. The average molecular weight is 424 g/mol. The second kappa shape index (κ2) is 9.20. The van der Waals surface area contributed by atoms with Crippen molar-refractivity contribution >= 4 is 17.5 Å². The number of hydrogen-bond donors (Lipinski definition) is 1. The van der Waals surface area contributed by atoms with Gasteiger partial charge in [0, 0.05) is 42.5 Å². The van der Waals surface area contributed by atoms with Gasteiger partial charge in [0.1, 0.15) is 0 Å². The number of carbonyl (C=O) groups excluding carboxylic acids is 1. The second-order valence-electron chi connectivity index (χ2n) is 7.57.